The van der Waals surface area contributed by atoms with E-state index < -0.39 is 0 Å². The van der Waals surface area contributed by atoms with Crippen LogP contribution in [0.15, 0.2) is 24.3 Å². The monoisotopic (exact) mass is 272 g/mol. The molecule has 108 valence electrons. The number of nitrogens with zero attached hydrogens (tertiary/aromatic N) is 1. The summed E-state index contributed by atoms with van der Waals surface area (Å²) in [4.78, 5) is 0. The highest BCUT2D eigenvalue weighted by Crippen LogP contribution is 2.22. The van der Waals surface area contributed by atoms with Gasteiger partial charge in [0.25, 0.3) is 0 Å². The third kappa shape index (κ3) is 5.22. The fraction of sp³-hybridized carbons (Fsp3) is 0.588. The maximum absolute atomic E-state index is 8.96. The Hall–Kier alpha value is -1.53. The summed E-state index contributed by atoms with van der Waals surface area (Å²) in [6.45, 7) is 5.53. The van der Waals surface area contributed by atoms with Crippen LogP contribution < -0.4 is 10.1 Å². The van der Waals surface area contributed by atoms with Crippen molar-refractivity contribution in [3.8, 4) is 11.8 Å². The molecule has 3 heteroatoms. The molecule has 0 saturated heterocycles. The van der Waals surface area contributed by atoms with Crippen LogP contribution >= 0.6 is 0 Å². The first kappa shape index (κ1) is 14.9. The minimum absolute atomic E-state index is 0.251. The van der Waals surface area contributed by atoms with Gasteiger partial charge in [-0.3, -0.25) is 0 Å². The zero-order valence-electron chi connectivity index (χ0n) is 12.5. The number of rotatable bonds is 8. The molecule has 0 aliphatic heterocycles. The fourth-order valence-electron chi connectivity index (χ4n) is 2.05. The second kappa shape index (κ2) is 6.76. The highest BCUT2D eigenvalue weighted by molar-refractivity contribution is 5.28. The number of nitrogens with one attached hydrogen (secondary N) is 1. The van der Waals surface area contributed by atoms with E-state index in [1.165, 1.54) is 18.4 Å². The van der Waals surface area contributed by atoms with Crippen LogP contribution in [0.1, 0.15) is 45.1 Å². The molecule has 20 heavy (non-hydrogen) atoms. The summed E-state index contributed by atoms with van der Waals surface area (Å²) in [5.41, 5.74) is 1.02. The first-order chi connectivity index (χ1) is 9.59. The minimum Gasteiger partial charge on any atom is -0.494 e. The average Bonchev–Trinajstić information content (AvgIpc) is 3.26. The number of hydrogen-bond acceptors (Lipinski definition) is 3. The molecule has 0 heterocycles. The molecule has 0 amide bonds. The quantitative estimate of drug-likeness (QED) is 0.735. The Bertz CT molecular complexity index is 472. The smallest absolute Gasteiger partial charge is 0.119 e. The van der Waals surface area contributed by atoms with Gasteiger partial charge in [-0.2, -0.15) is 5.26 Å². The molecule has 0 unspecified atom stereocenters. The summed E-state index contributed by atoms with van der Waals surface area (Å²) < 4.78 is 5.77. The van der Waals surface area contributed by atoms with E-state index in [0.717, 1.165) is 31.2 Å². The topological polar surface area (TPSA) is 45.0 Å². The molecule has 0 radical (unpaired) electrons. The molecule has 0 bridgehead atoms. The molecule has 1 aromatic carbocycles. The van der Waals surface area contributed by atoms with Crippen molar-refractivity contribution in [1.82, 2.24) is 5.32 Å². The van der Waals surface area contributed by atoms with E-state index >= 15 is 0 Å². The average molecular weight is 272 g/mol. The van der Waals surface area contributed by atoms with Crippen molar-refractivity contribution >= 4 is 0 Å². The van der Waals surface area contributed by atoms with Gasteiger partial charge in [0.1, 0.15) is 5.75 Å². The zero-order chi connectivity index (χ0) is 14.4. The van der Waals surface area contributed by atoms with E-state index in [1.807, 2.05) is 26.0 Å². The van der Waals surface area contributed by atoms with Gasteiger partial charge in [-0.25, -0.2) is 0 Å². The SMILES string of the molecule is CC(C)(C#N)CCCOc1cccc(CNC2CC2)c1. The van der Waals surface area contributed by atoms with Gasteiger partial charge in [-0.1, -0.05) is 12.1 Å². The summed E-state index contributed by atoms with van der Waals surface area (Å²) in [6.07, 6.45) is 4.40. The first-order valence-electron chi connectivity index (χ1n) is 7.45. The van der Waals surface area contributed by atoms with Crippen molar-refractivity contribution in [3.63, 3.8) is 0 Å². The van der Waals surface area contributed by atoms with Gasteiger partial charge in [0.2, 0.25) is 0 Å². The van der Waals surface area contributed by atoms with Crippen LogP contribution in [0.25, 0.3) is 0 Å². The summed E-state index contributed by atoms with van der Waals surface area (Å²) in [7, 11) is 0. The highest BCUT2D eigenvalue weighted by atomic mass is 16.5. The Labute approximate surface area is 121 Å². The molecule has 1 fully saturated rings. The van der Waals surface area contributed by atoms with Crippen LogP contribution in [0.5, 0.6) is 5.75 Å². The molecular formula is C17H24N2O. The Morgan fingerprint density at radius 3 is 2.90 bits per heavy atom. The molecule has 1 N–H and O–H groups in total. The molecule has 0 atom stereocenters. The van der Waals surface area contributed by atoms with Crippen molar-refractivity contribution in [2.75, 3.05) is 6.61 Å². The van der Waals surface area contributed by atoms with Crippen molar-refractivity contribution in [1.29, 1.82) is 5.26 Å². The Morgan fingerprint density at radius 2 is 2.20 bits per heavy atom. The highest BCUT2D eigenvalue weighted by Gasteiger charge is 2.20. The van der Waals surface area contributed by atoms with E-state index in [2.05, 4.69) is 23.5 Å². The van der Waals surface area contributed by atoms with Crippen LogP contribution in [0.3, 0.4) is 0 Å². The number of benzene rings is 1. The van der Waals surface area contributed by atoms with Crippen molar-refractivity contribution < 1.29 is 4.74 Å². The molecule has 1 aliphatic rings. The van der Waals surface area contributed by atoms with E-state index in [-0.39, 0.29) is 5.41 Å². The summed E-state index contributed by atoms with van der Waals surface area (Å²) in [5.74, 6) is 0.926. The fourth-order valence-corrected chi connectivity index (χ4v) is 2.05. The Kier molecular flexibility index (Phi) is 5.03. The van der Waals surface area contributed by atoms with Gasteiger partial charge in [0, 0.05) is 12.6 Å². The van der Waals surface area contributed by atoms with Gasteiger partial charge >= 0.3 is 0 Å². The third-order valence-electron chi connectivity index (χ3n) is 3.59. The third-order valence-corrected chi connectivity index (χ3v) is 3.59. The number of ether oxygens (including phenoxy) is 1. The van der Waals surface area contributed by atoms with Crippen molar-refractivity contribution in [2.45, 2.75) is 52.1 Å². The van der Waals surface area contributed by atoms with E-state index in [0.29, 0.717) is 6.61 Å². The normalized spacial score (nSPS) is 14.8. The Balaban J connectivity index is 1.72. The predicted octanol–water partition coefficient (Wildman–Crippen LogP) is 3.65. The molecule has 1 aliphatic carbocycles. The van der Waals surface area contributed by atoms with Crippen LogP contribution in [0.2, 0.25) is 0 Å². The van der Waals surface area contributed by atoms with E-state index in [9.17, 15) is 0 Å². The predicted molar refractivity (Wildman–Crippen MR) is 80.4 cm³/mol. The standard InChI is InChI=1S/C17H24N2O/c1-17(2,13-18)9-4-10-20-16-6-3-5-14(11-16)12-19-15-7-8-15/h3,5-6,11,15,19H,4,7-10,12H2,1-2H3. The largest absolute Gasteiger partial charge is 0.494 e. The van der Waals surface area contributed by atoms with Crippen LogP contribution in [-0.4, -0.2) is 12.6 Å². The summed E-state index contributed by atoms with van der Waals surface area (Å²) >= 11 is 0. The van der Waals surface area contributed by atoms with Gasteiger partial charge in [-0.05, 0) is 57.2 Å². The Morgan fingerprint density at radius 1 is 1.40 bits per heavy atom. The van der Waals surface area contributed by atoms with Crippen molar-refractivity contribution in [2.24, 2.45) is 5.41 Å². The summed E-state index contributed by atoms with van der Waals surface area (Å²) in [6, 6.07) is 11.3. The number of hydrogen-bond donors (Lipinski definition) is 1. The molecular weight excluding hydrogens is 248 g/mol. The van der Waals surface area contributed by atoms with Gasteiger partial charge in [0.15, 0.2) is 0 Å². The van der Waals surface area contributed by atoms with E-state index in [4.69, 9.17) is 10.00 Å². The lowest BCUT2D eigenvalue weighted by Crippen LogP contribution is -2.15. The van der Waals surface area contributed by atoms with Gasteiger partial charge < -0.3 is 10.1 Å². The van der Waals surface area contributed by atoms with Crippen molar-refractivity contribution in [3.05, 3.63) is 29.8 Å². The molecule has 3 nitrogen and oxygen atoms in total. The zero-order valence-corrected chi connectivity index (χ0v) is 12.5. The second-order valence-corrected chi connectivity index (χ2v) is 6.25. The first-order valence-corrected chi connectivity index (χ1v) is 7.45. The lowest BCUT2D eigenvalue weighted by atomic mass is 9.90. The molecule has 1 aromatic rings. The van der Waals surface area contributed by atoms with Crippen LogP contribution in [0.4, 0.5) is 0 Å². The molecule has 1 saturated carbocycles. The van der Waals surface area contributed by atoms with E-state index in [1.54, 1.807) is 0 Å². The molecule has 0 spiro atoms. The molecule has 0 aromatic heterocycles. The van der Waals surface area contributed by atoms with Crippen LogP contribution in [-0.2, 0) is 6.54 Å². The van der Waals surface area contributed by atoms with Gasteiger partial charge in [-0.15, -0.1) is 0 Å². The maximum Gasteiger partial charge on any atom is 0.119 e. The van der Waals surface area contributed by atoms with Crippen LogP contribution in [0, 0.1) is 16.7 Å². The lowest BCUT2D eigenvalue weighted by Gasteiger charge is -2.15. The molecule has 2 rings (SSSR count). The number of nitriles is 1. The maximum atomic E-state index is 8.96. The minimum atomic E-state index is -0.251. The second-order valence-electron chi connectivity index (χ2n) is 6.25. The lowest BCUT2D eigenvalue weighted by molar-refractivity contribution is 0.284. The summed E-state index contributed by atoms with van der Waals surface area (Å²) in [5, 5.41) is 12.5. The van der Waals surface area contributed by atoms with Gasteiger partial charge in [0.05, 0.1) is 18.1 Å².